The van der Waals surface area contributed by atoms with Crippen LogP contribution >= 0.6 is 0 Å². The number of aliphatic carboxylic acids is 1. The van der Waals surface area contributed by atoms with Gasteiger partial charge in [-0.25, -0.2) is 4.79 Å². The molecule has 1 aliphatic heterocycles. The van der Waals surface area contributed by atoms with Crippen LogP contribution in [0.3, 0.4) is 0 Å². The van der Waals surface area contributed by atoms with Crippen LogP contribution in [0.4, 0.5) is 0 Å². The quantitative estimate of drug-likeness (QED) is 0.662. The second kappa shape index (κ2) is 2.94. The summed E-state index contributed by atoms with van der Waals surface area (Å²) in [6.45, 7) is 0. The van der Waals surface area contributed by atoms with Crippen molar-refractivity contribution < 1.29 is 14.6 Å². The number of carboxylic acids is 1. The third-order valence-electron chi connectivity index (χ3n) is 2.00. The van der Waals surface area contributed by atoms with E-state index in [-0.39, 0.29) is 0 Å². The summed E-state index contributed by atoms with van der Waals surface area (Å²) in [5, 5.41) is 8.74. The molecule has 13 heavy (non-hydrogen) atoms. The van der Waals surface area contributed by atoms with Gasteiger partial charge in [0.15, 0.2) is 0 Å². The van der Waals surface area contributed by atoms with Crippen LogP contribution in [0.25, 0.3) is 0 Å². The van der Waals surface area contributed by atoms with Crippen molar-refractivity contribution in [3.05, 3.63) is 47.5 Å². The Bertz CT molecular complexity index is 370. The number of carboxylic acid groups (broad SMARTS) is 1. The second-order valence-electron chi connectivity index (χ2n) is 2.85. The largest absolute Gasteiger partial charge is 0.478 e. The molecule has 1 N–H and O–H groups in total. The third-order valence-corrected chi connectivity index (χ3v) is 2.00. The molecule has 0 amide bonds. The van der Waals surface area contributed by atoms with Crippen molar-refractivity contribution in [2.24, 2.45) is 0 Å². The Morgan fingerprint density at radius 1 is 1.46 bits per heavy atom. The highest BCUT2D eigenvalue weighted by atomic mass is 16.5. The molecule has 0 saturated heterocycles. The maximum Gasteiger partial charge on any atom is 0.331 e. The first-order chi connectivity index (χ1) is 6.27. The van der Waals surface area contributed by atoms with Gasteiger partial charge in [-0.15, -0.1) is 0 Å². The standard InChI is InChI=1S/C10H8O3/c11-10(12)8-2-1-7-3-4-13-6-9(7)5-8/h1,3-6H,2H2,(H,11,12). The lowest BCUT2D eigenvalue weighted by Gasteiger charge is -2.14. The first kappa shape index (κ1) is 7.86. The van der Waals surface area contributed by atoms with Crippen molar-refractivity contribution in [1.29, 1.82) is 0 Å². The van der Waals surface area contributed by atoms with Gasteiger partial charge in [-0.1, -0.05) is 6.08 Å². The summed E-state index contributed by atoms with van der Waals surface area (Å²) in [6.07, 6.45) is 8.95. The molecule has 0 saturated carbocycles. The van der Waals surface area contributed by atoms with Gasteiger partial charge in [-0.05, 0) is 24.1 Å². The van der Waals surface area contributed by atoms with Crippen LogP contribution in [-0.4, -0.2) is 11.1 Å². The van der Waals surface area contributed by atoms with Crippen LogP contribution < -0.4 is 0 Å². The van der Waals surface area contributed by atoms with E-state index in [1.807, 2.05) is 12.2 Å². The molecule has 66 valence electrons. The monoisotopic (exact) mass is 176 g/mol. The zero-order chi connectivity index (χ0) is 9.26. The van der Waals surface area contributed by atoms with Crippen molar-refractivity contribution in [1.82, 2.24) is 0 Å². The lowest BCUT2D eigenvalue weighted by molar-refractivity contribution is -0.132. The van der Waals surface area contributed by atoms with Gasteiger partial charge in [0.25, 0.3) is 0 Å². The Kier molecular flexibility index (Phi) is 1.77. The Balaban J connectivity index is 2.32. The summed E-state index contributed by atoms with van der Waals surface area (Å²) in [5.41, 5.74) is 2.25. The maximum atomic E-state index is 10.6. The van der Waals surface area contributed by atoms with Gasteiger partial charge in [-0.3, -0.25) is 0 Å². The molecule has 0 aromatic carbocycles. The van der Waals surface area contributed by atoms with E-state index in [0.29, 0.717) is 12.0 Å². The molecule has 1 heterocycles. The molecular formula is C10H8O3. The number of carbonyl (C=O) groups is 1. The molecule has 0 aromatic rings. The van der Waals surface area contributed by atoms with Crippen molar-refractivity contribution in [3.63, 3.8) is 0 Å². The number of hydrogen-bond donors (Lipinski definition) is 1. The predicted octanol–water partition coefficient (Wildman–Crippen LogP) is 1.76. The summed E-state index contributed by atoms with van der Waals surface area (Å²) in [7, 11) is 0. The SMILES string of the molecule is O=C(O)C1=CC2=COC=CC2=CC1. The van der Waals surface area contributed by atoms with Crippen LogP contribution in [0.5, 0.6) is 0 Å². The average molecular weight is 176 g/mol. The molecule has 0 bridgehead atoms. The molecule has 3 nitrogen and oxygen atoms in total. The number of fused-ring (bicyclic) bond motifs is 1. The summed E-state index contributed by atoms with van der Waals surface area (Å²) in [6, 6.07) is 0. The zero-order valence-electron chi connectivity index (χ0n) is 6.86. The van der Waals surface area contributed by atoms with Crippen LogP contribution in [0, 0.1) is 0 Å². The van der Waals surface area contributed by atoms with Crippen molar-refractivity contribution >= 4 is 5.97 Å². The van der Waals surface area contributed by atoms with Gasteiger partial charge in [0, 0.05) is 11.1 Å². The highest BCUT2D eigenvalue weighted by Crippen LogP contribution is 2.26. The Morgan fingerprint density at radius 2 is 2.31 bits per heavy atom. The average Bonchev–Trinajstić information content (AvgIpc) is 2.17. The topological polar surface area (TPSA) is 46.5 Å². The summed E-state index contributed by atoms with van der Waals surface area (Å²) < 4.78 is 4.95. The second-order valence-corrected chi connectivity index (χ2v) is 2.85. The fourth-order valence-electron chi connectivity index (χ4n) is 1.31. The van der Waals surface area contributed by atoms with Crippen LogP contribution in [0.1, 0.15) is 6.42 Å². The molecule has 1 aliphatic carbocycles. The van der Waals surface area contributed by atoms with Gasteiger partial charge in [0.2, 0.25) is 0 Å². The molecule has 0 atom stereocenters. The van der Waals surface area contributed by atoms with Gasteiger partial charge in [0.1, 0.15) is 0 Å². The minimum atomic E-state index is -0.870. The smallest absolute Gasteiger partial charge is 0.331 e. The molecule has 0 fully saturated rings. The van der Waals surface area contributed by atoms with Crippen LogP contribution in [-0.2, 0) is 9.53 Å². The fourth-order valence-corrected chi connectivity index (χ4v) is 1.31. The molecule has 0 unspecified atom stereocenters. The van der Waals surface area contributed by atoms with E-state index in [1.165, 1.54) is 0 Å². The molecule has 2 aliphatic rings. The number of rotatable bonds is 1. The van der Waals surface area contributed by atoms with Crippen LogP contribution in [0.2, 0.25) is 0 Å². The van der Waals surface area contributed by atoms with E-state index >= 15 is 0 Å². The minimum absolute atomic E-state index is 0.397. The van der Waals surface area contributed by atoms with Gasteiger partial charge < -0.3 is 9.84 Å². The van der Waals surface area contributed by atoms with E-state index in [4.69, 9.17) is 9.84 Å². The Morgan fingerprint density at radius 3 is 3.08 bits per heavy atom. The molecule has 0 spiro atoms. The van der Waals surface area contributed by atoms with E-state index < -0.39 is 5.97 Å². The van der Waals surface area contributed by atoms with Crippen molar-refractivity contribution in [3.8, 4) is 0 Å². The van der Waals surface area contributed by atoms with Crippen molar-refractivity contribution in [2.45, 2.75) is 6.42 Å². The van der Waals surface area contributed by atoms with E-state index in [0.717, 1.165) is 11.1 Å². The highest BCUT2D eigenvalue weighted by molar-refractivity contribution is 5.88. The minimum Gasteiger partial charge on any atom is -0.478 e. The Hall–Kier alpha value is -1.77. The zero-order valence-corrected chi connectivity index (χ0v) is 6.86. The number of ether oxygens (including phenoxy) is 1. The lowest BCUT2D eigenvalue weighted by atomic mass is 9.95. The fraction of sp³-hybridized carbons (Fsp3) is 0.100. The summed E-state index contributed by atoms with van der Waals surface area (Å²) in [4.78, 5) is 10.6. The van der Waals surface area contributed by atoms with Gasteiger partial charge in [-0.2, -0.15) is 0 Å². The summed E-state index contributed by atoms with van der Waals surface area (Å²) >= 11 is 0. The van der Waals surface area contributed by atoms with Gasteiger partial charge in [0.05, 0.1) is 12.5 Å². The molecule has 0 aromatic heterocycles. The first-order valence-corrected chi connectivity index (χ1v) is 3.94. The molecule has 3 heteroatoms. The predicted molar refractivity (Wildman–Crippen MR) is 46.7 cm³/mol. The third kappa shape index (κ3) is 1.40. The number of allylic oxidation sites excluding steroid dienone is 5. The Labute approximate surface area is 75.3 Å². The molecule has 2 rings (SSSR count). The normalized spacial score (nSPS) is 19.2. The molecular weight excluding hydrogens is 168 g/mol. The van der Waals surface area contributed by atoms with E-state index in [9.17, 15) is 4.79 Å². The van der Waals surface area contributed by atoms with E-state index in [2.05, 4.69) is 0 Å². The van der Waals surface area contributed by atoms with Gasteiger partial charge >= 0.3 is 5.97 Å². The maximum absolute atomic E-state index is 10.6. The molecule has 0 radical (unpaired) electrons. The lowest BCUT2D eigenvalue weighted by Crippen LogP contribution is -2.05. The summed E-state index contributed by atoms with van der Waals surface area (Å²) in [5.74, 6) is -0.870. The first-order valence-electron chi connectivity index (χ1n) is 3.94. The van der Waals surface area contributed by atoms with E-state index in [1.54, 1.807) is 18.6 Å². The van der Waals surface area contributed by atoms with Crippen molar-refractivity contribution in [2.75, 3.05) is 0 Å². The van der Waals surface area contributed by atoms with Crippen LogP contribution in [0.15, 0.2) is 47.5 Å². The number of hydrogen-bond acceptors (Lipinski definition) is 2. The highest BCUT2D eigenvalue weighted by Gasteiger charge is 2.15.